The Balaban J connectivity index is 2.18. The fraction of sp³-hybridized carbons (Fsp3) is 0.429. The number of hydrogen-bond acceptors (Lipinski definition) is 4. The number of benzene rings is 1. The number of nitrogens with zero attached hydrogens (tertiary/aromatic N) is 2. The van der Waals surface area contributed by atoms with E-state index in [4.69, 9.17) is 10.00 Å². The standard InChI is InChI=1S/C14H17N3O2/c1-2-19-12-5-3-11(4-6-12)17-10-9-16-14(18)13(17)7-8-15/h3-6,13H,2,7,9-10H2,1H3,(H,16,18). The first-order valence-corrected chi connectivity index (χ1v) is 6.40. The molecule has 1 amide bonds. The summed E-state index contributed by atoms with van der Waals surface area (Å²) < 4.78 is 5.39. The fourth-order valence-corrected chi connectivity index (χ4v) is 2.21. The zero-order chi connectivity index (χ0) is 13.7. The average molecular weight is 259 g/mol. The van der Waals surface area contributed by atoms with Gasteiger partial charge in [-0.05, 0) is 31.2 Å². The van der Waals surface area contributed by atoms with Crippen LogP contribution in [0.25, 0.3) is 0 Å². The van der Waals surface area contributed by atoms with Crippen molar-refractivity contribution in [2.24, 2.45) is 0 Å². The molecular weight excluding hydrogens is 242 g/mol. The van der Waals surface area contributed by atoms with E-state index in [1.807, 2.05) is 36.1 Å². The molecule has 0 saturated carbocycles. The van der Waals surface area contributed by atoms with Gasteiger partial charge in [-0.15, -0.1) is 0 Å². The molecule has 1 aromatic rings. The van der Waals surface area contributed by atoms with E-state index in [0.29, 0.717) is 19.7 Å². The van der Waals surface area contributed by atoms with E-state index in [9.17, 15) is 4.79 Å². The van der Waals surface area contributed by atoms with Crippen molar-refractivity contribution < 1.29 is 9.53 Å². The number of anilines is 1. The van der Waals surface area contributed by atoms with Gasteiger partial charge in [0.05, 0.1) is 19.1 Å². The van der Waals surface area contributed by atoms with Crippen LogP contribution < -0.4 is 15.0 Å². The first-order valence-electron chi connectivity index (χ1n) is 6.40. The van der Waals surface area contributed by atoms with E-state index in [1.54, 1.807) is 0 Å². The normalized spacial score (nSPS) is 18.6. The van der Waals surface area contributed by atoms with E-state index in [0.717, 1.165) is 11.4 Å². The first kappa shape index (κ1) is 13.2. The minimum atomic E-state index is -0.406. The second kappa shape index (κ2) is 6.10. The quantitative estimate of drug-likeness (QED) is 0.885. The maximum absolute atomic E-state index is 11.8. The Hall–Kier alpha value is -2.22. The zero-order valence-electron chi connectivity index (χ0n) is 10.9. The number of piperazine rings is 1. The number of ether oxygens (including phenoxy) is 1. The van der Waals surface area contributed by atoms with Crippen molar-refractivity contribution in [1.82, 2.24) is 5.32 Å². The highest BCUT2D eigenvalue weighted by Crippen LogP contribution is 2.23. The molecule has 1 fully saturated rings. The third-order valence-corrected chi connectivity index (χ3v) is 3.09. The largest absolute Gasteiger partial charge is 0.494 e. The van der Waals surface area contributed by atoms with E-state index < -0.39 is 6.04 Å². The van der Waals surface area contributed by atoms with Gasteiger partial charge in [0.1, 0.15) is 11.8 Å². The molecule has 2 rings (SSSR count). The summed E-state index contributed by atoms with van der Waals surface area (Å²) in [5.74, 6) is 0.728. The summed E-state index contributed by atoms with van der Waals surface area (Å²) in [6, 6.07) is 9.28. The number of amides is 1. The van der Waals surface area contributed by atoms with Crippen molar-refractivity contribution in [1.29, 1.82) is 5.26 Å². The lowest BCUT2D eigenvalue weighted by Crippen LogP contribution is -2.55. The van der Waals surface area contributed by atoms with Gasteiger partial charge >= 0.3 is 0 Å². The van der Waals surface area contributed by atoms with Crippen molar-refractivity contribution in [3.05, 3.63) is 24.3 Å². The predicted octanol–water partition coefficient (Wildman–Crippen LogP) is 1.30. The molecule has 5 nitrogen and oxygen atoms in total. The number of nitriles is 1. The monoisotopic (exact) mass is 259 g/mol. The molecule has 0 aromatic heterocycles. The Labute approximate surface area is 112 Å². The SMILES string of the molecule is CCOc1ccc(N2CCNC(=O)C2CC#N)cc1. The molecule has 1 aliphatic heterocycles. The molecular formula is C14H17N3O2. The molecule has 1 atom stereocenters. The molecule has 0 spiro atoms. The molecule has 19 heavy (non-hydrogen) atoms. The topological polar surface area (TPSA) is 65.4 Å². The van der Waals surface area contributed by atoms with E-state index in [-0.39, 0.29) is 12.3 Å². The Morgan fingerprint density at radius 2 is 2.21 bits per heavy atom. The Bertz CT molecular complexity index is 478. The first-order chi connectivity index (χ1) is 9.26. The maximum Gasteiger partial charge on any atom is 0.243 e. The molecule has 1 aliphatic rings. The molecule has 0 radical (unpaired) electrons. The fourth-order valence-electron chi connectivity index (χ4n) is 2.21. The van der Waals surface area contributed by atoms with Gasteiger partial charge in [0.15, 0.2) is 0 Å². The third kappa shape index (κ3) is 2.97. The van der Waals surface area contributed by atoms with Crippen LogP contribution in [0.3, 0.4) is 0 Å². The Kier molecular flexibility index (Phi) is 4.24. The van der Waals surface area contributed by atoms with Gasteiger partial charge in [0.2, 0.25) is 5.91 Å². The van der Waals surface area contributed by atoms with Crippen LogP contribution in [-0.2, 0) is 4.79 Å². The van der Waals surface area contributed by atoms with Crippen LogP contribution in [-0.4, -0.2) is 31.6 Å². The van der Waals surface area contributed by atoms with Gasteiger partial charge < -0.3 is 15.0 Å². The van der Waals surface area contributed by atoms with Gasteiger partial charge in [0, 0.05) is 18.8 Å². The van der Waals surface area contributed by atoms with Crippen LogP contribution >= 0.6 is 0 Å². The number of hydrogen-bond donors (Lipinski definition) is 1. The number of carbonyl (C=O) groups excluding carboxylic acids is 1. The molecule has 1 N–H and O–H groups in total. The van der Waals surface area contributed by atoms with E-state index >= 15 is 0 Å². The molecule has 1 heterocycles. The Morgan fingerprint density at radius 3 is 2.84 bits per heavy atom. The summed E-state index contributed by atoms with van der Waals surface area (Å²) in [5, 5.41) is 11.6. The van der Waals surface area contributed by atoms with Crippen molar-refractivity contribution in [3.63, 3.8) is 0 Å². The van der Waals surface area contributed by atoms with E-state index in [1.165, 1.54) is 0 Å². The van der Waals surface area contributed by atoms with Crippen LogP contribution in [0.5, 0.6) is 5.75 Å². The van der Waals surface area contributed by atoms with Crippen LogP contribution in [0, 0.1) is 11.3 Å². The van der Waals surface area contributed by atoms with Crippen molar-refractivity contribution in [2.45, 2.75) is 19.4 Å². The minimum Gasteiger partial charge on any atom is -0.494 e. The number of carbonyl (C=O) groups is 1. The maximum atomic E-state index is 11.8. The summed E-state index contributed by atoms with van der Waals surface area (Å²) in [6.45, 7) is 3.88. The summed E-state index contributed by atoms with van der Waals surface area (Å²) in [5.41, 5.74) is 0.943. The summed E-state index contributed by atoms with van der Waals surface area (Å²) in [7, 11) is 0. The molecule has 0 bridgehead atoms. The van der Waals surface area contributed by atoms with Gasteiger partial charge in [0.25, 0.3) is 0 Å². The molecule has 0 aliphatic carbocycles. The summed E-state index contributed by atoms with van der Waals surface area (Å²) in [4.78, 5) is 13.8. The Morgan fingerprint density at radius 1 is 1.47 bits per heavy atom. The van der Waals surface area contributed by atoms with Crippen LogP contribution in [0.1, 0.15) is 13.3 Å². The second-order valence-electron chi connectivity index (χ2n) is 4.29. The summed E-state index contributed by atoms with van der Waals surface area (Å²) in [6.07, 6.45) is 0.193. The minimum absolute atomic E-state index is 0.0818. The van der Waals surface area contributed by atoms with Gasteiger partial charge in [-0.1, -0.05) is 0 Å². The third-order valence-electron chi connectivity index (χ3n) is 3.09. The predicted molar refractivity (Wildman–Crippen MR) is 72.0 cm³/mol. The highest BCUT2D eigenvalue weighted by Gasteiger charge is 2.29. The molecule has 5 heteroatoms. The second-order valence-corrected chi connectivity index (χ2v) is 4.29. The van der Waals surface area contributed by atoms with Crippen molar-refractivity contribution in [2.75, 3.05) is 24.6 Å². The van der Waals surface area contributed by atoms with Crippen molar-refractivity contribution >= 4 is 11.6 Å². The molecule has 1 aromatic carbocycles. The zero-order valence-corrected chi connectivity index (χ0v) is 10.9. The highest BCUT2D eigenvalue weighted by atomic mass is 16.5. The molecule has 100 valence electrons. The van der Waals surface area contributed by atoms with Gasteiger partial charge in [-0.2, -0.15) is 5.26 Å². The smallest absolute Gasteiger partial charge is 0.243 e. The highest BCUT2D eigenvalue weighted by molar-refractivity contribution is 5.86. The van der Waals surface area contributed by atoms with Crippen LogP contribution in [0.2, 0.25) is 0 Å². The van der Waals surface area contributed by atoms with E-state index in [2.05, 4.69) is 11.4 Å². The van der Waals surface area contributed by atoms with Gasteiger partial charge in [-0.3, -0.25) is 4.79 Å². The lowest BCUT2D eigenvalue weighted by molar-refractivity contribution is -0.123. The molecule has 1 unspecified atom stereocenters. The number of nitrogens with one attached hydrogen (secondary N) is 1. The summed E-state index contributed by atoms with van der Waals surface area (Å²) >= 11 is 0. The van der Waals surface area contributed by atoms with Crippen LogP contribution in [0.15, 0.2) is 24.3 Å². The van der Waals surface area contributed by atoms with Gasteiger partial charge in [-0.25, -0.2) is 0 Å². The lowest BCUT2D eigenvalue weighted by atomic mass is 10.1. The lowest BCUT2D eigenvalue weighted by Gasteiger charge is -2.35. The van der Waals surface area contributed by atoms with Crippen LogP contribution in [0.4, 0.5) is 5.69 Å². The molecule has 1 saturated heterocycles. The average Bonchev–Trinajstić information content (AvgIpc) is 2.43. The number of rotatable bonds is 4. The van der Waals surface area contributed by atoms with Crippen molar-refractivity contribution in [3.8, 4) is 11.8 Å².